The van der Waals surface area contributed by atoms with Gasteiger partial charge >= 0.3 is 0 Å². The van der Waals surface area contributed by atoms with Crippen molar-refractivity contribution in [1.82, 2.24) is 35.2 Å². The van der Waals surface area contributed by atoms with Crippen LogP contribution in [0.3, 0.4) is 0 Å². The van der Waals surface area contributed by atoms with E-state index >= 15 is 0 Å². The van der Waals surface area contributed by atoms with E-state index in [-0.39, 0.29) is 0 Å². The fraction of sp³-hybridized carbons (Fsp3) is 0.300. The van der Waals surface area contributed by atoms with Gasteiger partial charge in [-0.1, -0.05) is 0 Å². The lowest BCUT2D eigenvalue weighted by Gasteiger charge is -2.19. The summed E-state index contributed by atoms with van der Waals surface area (Å²) in [4.78, 5) is 13.2. The van der Waals surface area contributed by atoms with Crippen molar-refractivity contribution in [2.24, 2.45) is 7.05 Å². The van der Waals surface area contributed by atoms with Crippen LogP contribution in [0.25, 0.3) is 11.4 Å². The number of hydrogen-bond acceptors (Lipinski definition) is 9. The number of nitrogens with one attached hydrogen (secondary N) is 3. The maximum atomic E-state index is 5.82. The highest BCUT2D eigenvalue weighted by molar-refractivity contribution is 5.87. The number of methoxy groups -OCH3 is 1. The average molecular weight is 407 g/mol. The predicted octanol–water partition coefficient (Wildman–Crippen LogP) is 2.34. The molecule has 0 saturated heterocycles. The summed E-state index contributed by atoms with van der Waals surface area (Å²) in [5.74, 6) is 2.65. The Morgan fingerprint density at radius 2 is 1.97 bits per heavy atom. The number of ether oxygens (including phenoxy) is 1. The van der Waals surface area contributed by atoms with Gasteiger partial charge in [0.1, 0.15) is 23.7 Å². The van der Waals surface area contributed by atoms with Gasteiger partial charge in [0.15, 0.2) is 11.6 Å². The van der Waals surface area contributed by atoms with Crippen LogP contribution < -0.4 is 20.8 Å². The molecule has 0 bridgehead atoms. The van der Waals surface area contributed by atoms with E-state index in [0.717, 1.165) is 34.9 Å². The van der Waals surface area contributed by atoms with E-state index in [0.29, 0.717) is 23.2 Å². The number of benzene rings is 1. The Hall–Kier alpha value is -3.66. The van der Waals surface area contributed by atoms with E-state index in [4.69, 9.17) is 4.74 Å². The zero-order valence-electron chi connectivity index (χ0n) is 17.7. The summed E-state index contributed by atoms with van der Waals surface area (Å²) in [5.41, 5.74) is 7.44. The molecule has 10 nitrogen and oxygen atoms in total. The molecule has 0 spiro atoms. The average Bonchev–Trinajstić information content (AvgIpc) is 3.30. The van der Waals surface area contributed by atoms with Gasteiger partial charge in [-0.05, 0) is 26.0 Å². The fourth-order valence-electron chi connectivity index (χ4n) is 3.35. The summed E-state index contributed by atoms with van der Waals surface area (Å²) in [6.07, 6.45) is 3.59. The minimum absolute atomic E-state index is 0.591. The van der Waals surface area contributed by atoms with Gasteiger partial charge in [0.25, 0.3) is 0 Å². The van der Waals surface area contributed by atoms with Crippen molar-refractivity contribution < 1.29 is 4.74 Å². The molecule has 0 amide bonds. The van der Waals surface area contributed by atoms with Gasteiger partial charge in [0.2, 0.25) is 0 Å². The van der Waals surface area contributed by atoms with Crippen LogP contribution >= 0.6 is 0 Å². The predicted molar refractivity (Wildman–Crippen MR) is 115 cm³/mol. The van der Waals surface area contributed by atoms with Gasteiger partial charge in [0.05, 0.1) is 24.9 Å². The molecule has 3 heterocycles. The maximum absolute atomic E-state index is 5.82. The van der Waals surface area contributed by atoms with Gasteiger partial charge in [-0.25, -0.2) is 20.0 Å². The molecule has 10 heteroatoms. The van der Waals surface area contributed by atoms with Gasteiger partial charge in [-0.3, -0.25) is 4.68 Å². The number of nitrogens with zero attached hydrogens (tertiary/aromatic N) is 6. The quantitative estimate of drug-likeness (QED) is 0.568. The highest BCUT2D eigenvalue weighted by Crippen LogP contribution is 2.42. The van der Waals surface area contributed by atoms with Gasteiger partial charge in [-0.2, -0.15) is 5.10 Å². The molecule has 1 aliphatic rings. The first-order chi connectivity index (χ1) is 14.4. The van der Waals surface area contributed by atoms with Crippen LogP contribution in [0.15, 0.2) is 36.4 Å². The lowest BCUT2D eigenvalue weighted by atomic mass is 10.1. The maximum Gasteiger partial charge on any atom is 0.184 e. The third-order valence-corrected chi connectivity index (χ3v) is 4.58. The van der Waals surface area contributed by atoms with Crippen molar-refractivity contribution in [3.05, 3.63) is 47.9 Å². The van der Waals surface area contributed by atoms with Gasteiger partial charge < -0.3 is 20.8 Å². The normalized spacial score (nSPS) is 13.7. The lowest BCUT2D eigenvalue weighted by molar-refractivity contribution is 0.329. The number of hydrogen-bond donors (Lipinski definition) is 3. The molecule has 1 aliphatic heterocycles. The van der Waals surface area contributed by atoms with Crippen molar-refractivity contribution in [3.8, 4) is 17.1 Å². The zero-order chi connectivity index (χ0) is 21.3. The molecule has 0 saturated carbocycles. The summed E-state index contributed by atoms with van der Waals surface area (Å²) < 4.78 is 7.48. The molecule has 0 radical (unpaired) electrons. The number of aryl methyl sites for hydroxylation is 3. The summed E-state index contributed by atoms with van der Waals surface area (Å²) in [7, 11) is 5.45. The lowest BCUT2D eigenvalue weighted by Crippen LogP contribution is -2.25. The van der Waals surface area contributed by atoms with E-state index in [1.54, 1.807) is 18.1 Å². The van der Waals surface area contributed by atoms with E-state index in [2.05, 4.69) is 36.1 Å². The summed E-state index contributed by atoms with van der Waals surface area (Å²) in [6.45, 7) is 4.54. The van der Waals surface area contributed by atoms with E-state index in [9.17, 15) is 0 Å². The fourth-order valence-corrected chi connectivity index (χ4v) is 3.35. The third-order valence-electron chi connectivity index (χ3n) is 4.58. The Bertz CT molecular complexity index is 1090. The number of hydrazine groups is 1. The molecule has 0 aliphatic carbocycles. The van der Waals surface area contributed by atoms with E-state index in [1.165, 1.54) is 0 Å². The Labute approximate surface area is 175 Å². The first-order valence-corrected chi connectivity index (χ1v) is 9.52. The molecule has 0 unspecified atom stereocenters. The molecule has 30 heavy (non-hydrogen) atoms. The van der Waals surface area contributed by atoms with Crippen molar-refractivity contribution in [2.45, 2.75) is 13.8 Å². The second kappa shape index (κ2) is 7.99. The van der Waals surface area contributed by atoms with E-state index < -0.39 is 0 Å². The van der Waals surface area contributed by atoms with Crippen molar-refractivity contribution in [3.63, 3.8) is 0 Å². The summed E-state index contributed by atoms with van der Waals surface area (Å²) in [5, 5.41) is 13.3. The second-order valence-corrected chi connectivity index (χ2v) is 7.16. The standard InChI is InChI=1S/C20H25N9O/c1-12-8-17(24-13(2)23-12)26-16-7-6-15(20-21-11-29(4)27-20)19(30-5)18(16)25-14-9-22-28(3)10-14/h6-9,11,22,25H,10H2,1-5H3,(H,23,24,26). The summed E-state index contributed by atoms with van der Waals surface area (Å²) in [6, 6.07) is 5.81. The highest BCUT2D eigenvalue weighted by atomic mass is 16.5. The molecule has 0 fully saturated rings. The molecule has 4 rings (SSSR count). The summed E-state index contributed by atoms with van der Waals surface area (Å²) >= 11 is 0. The van der Waals surface area contributed by atoms with Crippen LogP contribution in [0, 0.1) is 13.8 Å². The van der Waals surface area contributed by atoms with Crippen LogP contribution in [0.1, 0.15) is 11.5 Å². The van der Waals surface area contributed by atoms with E-state index in [1.807, 2.05) is 57.4 Å². The zero-order valence-corrected chi connectivity index (χ0v) is 17.7. The Balaban J connectivity index is 1.79. The smallest absolute Gasteiger partial charge is 0.184 e. The van der Waals surface area contributed by atoms with Crippen LogP contribution in [-0.4, -0.2) is 50.4 Å². The molecule has 3 N–H and O–H groups in total. The SMILES string of the molecule is COc1c(-c2ncn(C)n2)ccc(Nc2cc(C)nc(C)n2)c1NC1=CNN(C)C1. The van der Waals surface area contributed by atoms with Crippen molar-refractivity contribution in [1.29, 1.82) is 0 Å². The monoisotopic (exact) mass is 407 g/mol. The number of anilines is 3. The molecule has 3 aromatic rings. The Morgan fingerprint density at radius 1 is 1.13 bits per heavy atom. The molecular formula is C20H25N9O. The van der Waals surface area contributed by atoms with Crippen molar-refractivity contribution in [2.75, 3.05) is 31.3 Å². The second-order valence-electron chi connectivity index (χ2n) is 7.16. The largest absolute Gasteiger partial charge is 0.494 e. The molecule has 0 atom stereocenters. The molecule has 1 aromatic carbocycles. The Kier molecular flexibility index (Phi) is 5.23. The van der Waals surface area contributed by atoms with Crippen LogP contribution in [0.5, 0.6) is 5.75 Å². The Morgan fingerprint density at radius 3 is 2.60 bits per heavy atom. The third kappa shape index (κ3) is 4.03. The van der Waals surface area contributed by atoms with Crippen LogP contribution in [0.2, 0.25) is 0 Å². The first-order valence-electron chi connectivity index (χ1n) is 9.52. The number of aromatic nitrogens is 5. The topological polar surface area (TPSA) is 105 Å². The first kappa shape index (κ1) is 19.6. The number of likely N-dealkylation sites (N-methyl/N-ethyl adjacent to an activating group) is 1. The molecular weight excluding hydrogens is 382 g/mol. The van der Waals surface area contributed by atoms with Crippen molar-refractivity contribution >= 4 is 17.2 Å². The molecule has 2 aromatic heterocycles. The van der Waals surface area contributed by atoms with Gasteiger partial charge in [0, 0.05) is 37.8 Å². The minimum Gasteiger partial charge on any atom is -0.494 e. The van der Waals surface area contributed by atoms with Crippen LogP contribution in [-0.2, 0) is 7.05 Å². The van der Waals surface area contributed by atoms with Crippen LogP contribution in [0.4, 0.5) is 17.2 Å². The molecule has 156 valence electrons. The number of rotatable bonds is 6. The highest BCUT2D eigenvalue weighted by Gasteiger charge is 2.21. The minimum atomic E-state index is 0.591. The van der Waals surface area contributed by atoms with Gasteiger partial charge in [-0.15, -0.1) is 0 Å².